The minimum absolute atomic E-state index is 0.255. The van der Waals surface area contributed by atoms with Gasteiger partial charge in [0, 0.05) is 5.92 Å². The van der Waals surface area contributed by atoms with Crippen LogP contribution in [0, 0.1) is 17.3 Å². The SMILES string of the molecule is C=C1[C@@H](O)C[C@@H]2[C@H]1C=C(C)C2(C)C. The van der Waals surface area contributed by atoms with Gasteiger partial charge in [-0.05, 0) is 30.3 Å². The fourth-order valence-corrected chi connectivity index (χ4v) is 2.76. The molecule has 0 aromatic rings. The van der Waals surface area contributed by atoms with Crippen LogP contribution in [-0.4, -0.2) is 11.2 Å². The monoisotopic (exact) mass is 178 g/mol. The molecule has 0 aromatic carbocycles. The molecule has 0 aliphatic heterocycles. The second-order valence-corrected chi connectivity index (χ2v) is 5.03. The molecule has 1 saturated carbocycles. The van der Waals surface area contributed by atoms with Gasteiger partial charge in [0.15, 0.2) is 0 Å². The average molecular weight is 178 g/mol. The van der Waals surface area contributed by atoms with E-state index >= 15 is 0 Å². The molecule has 1 N–H and O–H groups in total. The number of aliphatic hydroxyl groups is 1. The number of hydrogen-bond donors (Lipinski definition) is 1. The van der Waals surface area contributed by atoms with Gasteiger partial charge in [-0.2, -0.15) is 0 Å². The van der Waals surface area contributed by atoms with E-state index in [9.17, 15) is 5.11 Å². The highest BCUT2D eigenvalue weighted by atomic mass is 16.3. The molecular formula is C12H18O. The summed E-state index contributed by atoms with van der Waals surface area (Å²) >= 11 is 0. The van der Waals surface area contributed by atoms with Crippen LogP contribution >= 0.6 is 0 Å². The first-order chi connectivity index (χ1) is 5.94. The van der Waals surface area contributed by atoms with Gasteiger partial charge in [-0.25, -0.2) is 0 Å². The van der Waals surface area contributed by atoms with Crippen molar-refractivity contribution in [1.82, 2.24) is 0 Å². The summed E-state index contributed by atoms with van der Waals surface area (Å²) in [6.45, 7) is 10.7. The third-order valence-corrected chi connectivity index (χ3v) is 4.14. The largest absolute Gasteiger partial charge is 0.389 e. The fourth-order valence-electron chi connectivity index (χ4n) is 2.76. The highest BCUT2D eigenvalue weighted by Crippen LogP contribution is 2.55. The molecule has 72 valence electrons. The minimum Gasteiger partial charge on any atom is -0.389 e. The molecule has 0 spiro atoms. The molecule has 2 aliphatic carbocycles. The molecule has 0 heterocycles. The molecule has 0 unspecified atom stereocenters. The molecule has 0 saturated heterocycles. The predicted octanol–water partition coefficient (Wildman–Crippen LogP) is 2.53. The summed E-state index contributed by atoms with van der Waals surface area (Å²) in [5.41, 5.74) is 2.73. The lowest BCUT2D eigenvalue weighted by Gasteiger charge is -2.28. The quantitative estimate of drug-likeness (QED) is 0.565. The van der Waals surface area contributed by atoms with Gasteiger partial charge in [-0.1, -0.05) is 32.1 Å². The summed E-state index contributed by atoms with van der Waals surface area (Å²) in [5, 5.41) is 9.69. The van der Waals surface area contributed by atoms with Crippen LogP contribution in [0.2, 0.25) is 0 Å². The molecule has 0 aromatic heterocycles. The molecular weight excluding hydrogens is 160 g/mol. The maximum atomic E-state index is 9.69. The van der Waals surface area contributed by atoms with Crippen LogP contribution in [0.1, 0.15) is 27.2 Å². The first-order valence-electron chi connectivity index (χ1n) is 5.00. The lowest BCUT2D eigenvalue weighted by molar-refractivity contribution is 0.180. The van der Waals surface area contributed by atoms with Crippen LogP contribution in [0.15, 0.2) is 23.8 Å². The molecule has 0 radical (unpaired) electrons. The van der Waals surface area contributed by atoms with E-state index in [1.165, 1.54) is 5.57 Å². The zero-order valence-corrected chi connectivity index (χ0v) is 8.67. The molecule has 2 rings (SSSR count). The van der Waals surface area contributed by atoms with E-state index in [1.807, 2.05) is 0 Å². The molecule has 3 atom stereocenters. The topological polar surface area (TPSA) is 20.2 Å². The van der Waals surface area contributed by atoms with Gasteiger partial charge in [-0.15, -0.1) is 0 Å². The van der Waals surface area contributed by atoms with Crippen molar-refractivity contribution < 1.29 is 5.11 Å². The summed E-state index contributed by atoms with van der Waals surface area (Å²) in [5.74, 6) is 1.01. The van der Waals surface area contributed by atoms with Crippen molar-refractivity contribution in [2.45, 2.75) is 33.3 Å². The van der Waals surface area contributed by atoms with Crippen LogP contribution in [0.3, 0.4) is 0 Å². The summed E-state index contributed by atoms with van der Waals surface area (Å²) in [6, 6.07) is 0. The van der Waals surface area contributed by atoms with Crippen LogP contribution in [0.25, 0.3) is 0 Å². The van der Waals surface area contributed by atoms with Crippen molar-refractivity contribution in [1.29, 1.82) is 0 Å². The van der Waals surface area contributed by atoms with Crippen LogP contribution in [0.5, 0.6) is 0 Å². The molecule has 0 amide bonds. The summed E-state index contributed by atoms with van der Waals surface area (Å²) in [6.07, 6.45) is 2.92. The number of aliphatic hydroxyl groups excluding tert-OH is 1. The molecule has 1 nitrogen and oxygen atoms in total. The van der Waals surface area contributed by atoms with Crippen molar-refractivity contribution in [3.63, 3.8) is 0 Å². The van der Waals surface area contributed by atoms with Gasteiger partial charge in [0.1, 0.15) is 0 Å². The van der Waals surface area contributed by atoms with Crippen LogP contribution in [0.4, 0.5) is 0 Å². The summed E-state index contributed by atoms with van der Waals surface area (Å²) in [4.78, 5) is 0. The van der Waals surface area contributed by atoms with Crippen molar-refractivity contribution in [2.75, 3.05) is 0 Å². The third-order valence-electron chi connectivity index (χ3n) is 4.14. The van der Waals surface area contributed by atoms with E-state index in [0.717, 1.165) is 12.0 Å². The molecule has 0 bridgehead atoms. The Balaban J connectivity index is 2.37. The Labute approximate surface area is 80.2 Å². The van der Waals surface area contributed by atoms with Gasteiger partial charge < -0.3 is 5.11 Å². The van der Waals surface area contributed by atoms with Crippen LogP contribution < -0.4 is 0 Å². The van der Waals surface area contributed by atoms with Gasteiger partial charge in [0.05, 0.1) is 6.10 Å². The maximum absolute atomic E-state index is 9.69. The van der Waals surface area contributed by atoms with E-state index in [1.54, 1.807) is 0 Å². The summed E-state index contributed by atoms with van der Waals surface area (Å²) in [7, 11) is 0. The zero-order chi connectivity index (χ0) is 9.80. The zero-order valence-electron chi connectivity index (χ0n) is 8.67. The average Bonchev–Trinajstić information content (AvgIpc) is 2.42. The smallest absolute Gasteiger partial charge is 0.0756 e. The first kappa shape index (κ1) is 9.01. The molecule has 2 aliphatic rings. The number of rotatable bonds is 0. The number of allylic oxidation sites excluding steroid dienone is 2. The number of fused-ring (bicyclic) bond motifs is 1. The Morgan fingerprint density at radius 1 is 1.54 bits per heavy atom. The lowest BCUT2D eigenvalue weighted by atomic mass is 9.76. The first-order valence-corrected chi connectivity index (χ1v) is 5.00. The molecule has 1 fully saturated rings. The van der Waals surface area contributed by atoms with E-state index in [-0.39, 0.29) is 11.5 Å². The lowest BCUT2D eigenvalue weighted by Crippen LogP contribution is -2.22. The second kappa shape index (κ2) is 2.48. The molecule has 13 heavy (non-hydrogen) atoms. The minimum atomic E-state index is -0.265. The Morgan fingerprint density at radius 2 is 2.15 bits per heavy atom. The highest BCUT2D eigenvalue weighted by Gasteiger charge is 2.48. The van der Waals surface area contributed by atoms with E-state index in [4.69, 9.17) is 0 Å². The van der Waals surface area contributed by atoms with Crippen molar-refractivity contribution in [3.8, 4) is 0 Å². The highest BCUT2D eigenvalue weighted by molar-refractivity contribution is 5.33. The van der Waals surface area contributed by atoms with Crippen molar-refractivity contribution in [2.24, 2.45) is 17.3 Å². The van der Waals surface area contributed by atoms with E-state index in [0.29, 0.717) is 11.8 Å². The third kappa shape index (κ3) is 1.03. The van der Waals surface area contributed by atoms with E-state index in [2.05, 4.69) is 33.4 Å². The van der Waals surface area contributed by atoms with Gasteiger partial charge in [-0.3, -0.25) is 0 Å². The normalized spacial score (nSPS) is 42.0. The molecule has 1 heteroatoms. The van der Waals surface area contributed by atoms with Crippen molar-refractivity contribution in [3.05, 3.63) is 23.8 Å². The maximum Gasteiger partial charge on any atom is 0.0756 e. The van der Waals surface area contributed by atoms with E-state index < -0.39 is 0 Å². The van der Waals surface area contributed by atoms with Gasteiger partial charge >= 0.3 is 0 Å². The van der Waals surface area contributed by atoms with Gasteiger partial charge in [0.2, 0.25) is 0 Å². The Kier molecular flexibility index (Phi) is 1.72. The van der Waals surface area contributed by atoms with Gasteiger partial charge in [0.25, 0.3) is 0 Å². The predicted molar refractivity (Wildman–Crippen MR) is 54.3 cm³/mol. The standard InChI is InChI=1S/C12H18O/c1-7-5-9-8(2)11(13)6-10(9)12(7,3)4/h5,9-11,13H,2,6H2,1,3-4H3/t9-,10+,11-/m0/s1. The Hall–Kier alpha value is -0.560. The summed E-state index contributed by atoms with van der Waals surface area (Å²) < 4.78 is 0. The van der Waals surface area contributed by atoms with Crippen molar-refractivity contribution >= 4 is 0 Å². The number of hydrogen-bond acceptors (Lipinski definition) is 1. The fraction of sp³-hybridized carbons (Fsp3) is 0.667. The Bertz CT molecular complexity index is 285. The second-order valence-electron chi connectivity index (χ2n) is 5.03. The van der Waals surface area contributed by atoms with Crippen LogP contribution in [-0.2, 0) is 0 Å². The Morgan fingerprint density at radius 3 is 2.69 bits per heavy atom.